The van der Waals surface area contributed by atoms with Gasteiger partial charge in [-0.25, -0.2) is 4.39 Å². The van der Waals surface area contributed by atoms with Gasteiger partial charge in [-0.1, -0.05) is 44.4 Å². The van der Waals surface area contributed by atoms with E-state index in [1.165, 1.54) is 6.07 Å². The Balaban J connectivity index is 1.48. The van der Waals surface area contributed by atoms with E-state index in [4.69, 9.17) is 0 Å². The standard InChI is InChI=1S/C33H40FN5O4/c1-3-31(42)37-27(29(40)19-23-9-8-15-35-21-23)18-22-12-13-25(26(34)17-22)20-30(41)32(24-10-6-5-7-11-24)38-33(43)28-14-16-36-39(28)4-2/h8-9,12-17,21,24,27,32H,3-7,10-11,18-20H2,1-2H3,(H,37,42)(H,38,43)/t27-,32+/m1/s1. The van der Waals surface area contributed by atoms with Crippen molar-refractivity contribution in [2.24, 2.45) is 5.92 Å². The van der Waals surface area contributed by atoms with Crippen molar-refractivity contribution in [1.82, 2.24) is 25.4 Å². The van der Waals surface area contributed by atoms with Gasteiger partial charge in [-0.3, -0.25) is 28.8 Å². The van der Waals surface area contributed by atoms with Crippen molar-refractivity contribution in [2.45, 2.75) is 90.3 Å². The van der Waals surface area contributed by atoms with E-state index in [1.54, 1.807) is 60.5 Å². The van der Waals surface area contributed by atoms with Gasteiger partial charge in [-0.05, 0) is 67.0 Å². The molecule has 2 aromatic heterocycles. The summed E-state index contributed by atoms with van der Waals surface area (Å²) in [5.74, 6) is -1.66. The van der Waals surface area contributed by atoms with Crippen molar-refractivity contribution in [3.05, 3.63) is 83.2 Å². The molecular weight excluding hydrogens is 549 g/mol. The van der Waals surface area contributed by atoms with Crippen molar-refractivity contribution in [1.29, 1.82) is 0 Å². The summed E-state index contributed by atoms with van der Waals surface area (Å²) >= 11 is 0. The molecule has 1 aliphatic carbocycles. The number of hydrogen-bond donors (Lipinski definition) is 2. The maximum Gasteiger partial charge on any atom is 0.270 e. The zero-order valence-electron chi connectivity index (χ0n) is 24.9. The minimum Gasteiger partial charge on any atom is -0.346 e. The van der Waals surface area contributed by atoms with E-state index in [0.29, 0.717) is 17.8 Å². The third-order valence-electron chi connectivity index (χ3n) is 8.07. The normalized spacial score (nSPS) is 15.0. The van der Waals surface area contributed by atoms with Crippen LogP contribution in [-0.2, 0) is 40.2 Å². The number of pyridine rings is 1. The lowest BCUT2D eigenvalue weighted by Gasteiger charge is -2.30. The Morgan fingerprint density at radius 3 is 2.42 bits per heavy atom. The van der Waals surface area contributed by atoms with Crippen LogP contribution >= 0.6 is 0 Å². The molecule has 2 atom stereocenters. The summed E-state index contributed by atoms with van der Waals surface area (Å²) < 4.78 is 17.0. The van der Waals surface area contributed by atoms with Crippen molar-refractivity contribution < 1.29 is 23.6 Å². The van der Waals surface area contributed by atoms with Gasteiger partial charge in [0.25, 0.3) is 5.91 Å². The first-order chi connectivity index (χ1) is 20.8. The molecule has 0 radical (unpaired) electrons. The molecule has 0 unspecified atom stereocenters. The molecule has 10 heteroatoms. The Kier molecular flexibility index (Phi) is 11.3. The smallest absolute Gasteiger partial charge is 0.270 e. The van der Waals surface area contributed by atoms with E-state index in [9.17, 15) is 19.2 Å². The fourth-order valence-electron chi connectivity index (χ4n) is 5.68. The van der Waals surface area contributed by atoms with E-state index in [1.807, 2.05) is 6.92 Å². The summed E-state index contributed by atoms with van der Waals surface area (Å²) in [5, 5.41) is 9.86. The quantitative estimate of drug-likeness (QED) is 0.291. The topological polar surface area (TPSA) is 123 Å². The molecule has 9 nitrogen and oxygen atoms in total. The summed E-state index contributed by atoms with van der Waals surface area (Å²) in [6, 6.07) is 8.14. The fourth-order valence-corrected chi connectivity index (χ4v) is 5.68. The SMILES string of the molecule is CCC(=O)N[C@H](Cc1ccc(CC(=O)[C@@H](NC(=O)c2ccnn2CC)C2CCCCC2)c(F)c1)C(=O)Cc1cccnc1. The highest BCUT2D eigenvalue weighted by Gasteiger charge is 2.32. The number of aromatic nitrogens is 3. The minimum atomic E-state index is -0.831. The largest absolute Gasteiger partial charge is 0.346 e. The molecule has 2 amide bonds. The van der Waals surface area contributed by atoms with Crippen LogP contribution in [0, 0.1) is 11.7 Å². The average molecular weight is 590 g/mol. The molecule has 1 saturated carbocycles. The molecule has 1 fully saturated rings. The van der Waals surface area contributed by atoms with Crippen molar-refractivity contribution in [3.8, 4) is 0 Å². The van der Waals surface area contributed by atoms with Gasteiger partial charge in [-0.15, -0.1) is 0 Å². The number of carbonyl (C=O) groups is 4. The second-order valence-electron chi connectivity index (χ2n) is 11.1. The van der Waals surface area contributed by atoms with E-state index < -0.39 is 17.9 Å². The predicted molar refractivity (Wildman–Crippen MR) is 160 cm³/mol. The number of rotatable bonds is 14. The van der Waals surface area contributed by atoms with Crippen LogP contribution in [0.25, 0.3) is 0 Å². The second kappa shape index (κ2) is 15.3. The lowest BCUT2D eigenvalue weighted by atomic mass is 9.81. The van der Waals surface area contributed by atoms with E-state index in [2.05, 4.69) is 20.7 Å². The van der Waals surface area contributed by atoms with Gasteiger partial charge < -0.3 is 10.6 Å². The van der Waals surface area contributed by atoms with Crippen LogP contribution in [0.5, 0.6) is 0 Å². The third kappa shape index (κ3) is 8.65. The Bertz CT molecular complexity index is 1420. The average Bonchev–Trinajstić information content (AvgIpc) is 3.51. The Hall–Kier alpha value is -4.21. The monoisotopic (exact) mass is 589 g/mol. The third-order valence-corrected chi connectivity index (χ3v) is 8.07. The lowest BCUT2D eigenvalue weighted by molar-refractivity contribution is -0.127. The van der Waals surface area contributed by atoms with Crippen LogP contribution in [0.3, 0.4) is 0 Å². The van der Waals surface area contributed by atoms with E-state index >= 15 is 4.39 Å². The molecule has 1 aromatic carbocycles. The van der Waals surface area contributed by atoms with E-state index in [0.717, 1.165) is 37.7 Å². The number of amides is 2. The van der Waals surface area contributed by atoms with Gasteiger partial charge in [0.1, 0.15) is 11.5 Å². The van der Waals surface area contributed by atoms with Gasteiger partial charge >= 0.3 is 0 Å². The highest BCUT2D eigenvalue weighted by molar-refractivity contribution is 5.97. The van der Waals surface area contributed by atoms with Crippen LogP contribution in [0.2, 0.25) is 0 Å². The number of aryl methyl sites for hydroxylation is 1. The predicted octanol–water partition coefficient (Wildman–Crippen LogP) is 4.18. The molecule has 0 spiro atoms. The second-order valence-corrected chi connectivity index (χ2v) is 11.1. The first kappa shape index (κ1) is 31.7. The molecule has 0 aliphatic heterocycles. The minimum absolute atomic E-state index is 0.0145. The van der Waals surface area contributed by atoms with Gasteiger partial charge in [0.05, 0.1) is 12.1 Å². The van der Waals surface area contributed by atoms with Crippen molar-refractivity contribution in [3.63, 3.8) is 0 Å². The van der Waals surface area contributed by atoms with Crippen molar-refractivity contribution in [2.75, 3.05) is 0 Å². The Morgan fingerprint density at radius 2 is 1.74 bits per heavy atom. The van der Waals surface area contributed by atoms with Crippen molar-refractivity contribution >= 4 is 23.4 Å². The van der Waals surface area contributed by atoms with Gasteiger partial charge in [0.15, 0.2) is 11.6 Å². The molecular formula is C33H40FN5O4. The molecule has 3 aromatic rings. The summed E-state index contributed by atoms with van der Waals surface area (Å²) in [6.07, 6.45) is 9.72. The summed E-state index contributed by atoms with van der Waals surface area (Å²) in [6.45, 7) is 4.11. The maximum absolute atomic E-state index is 15.4. The summed E-state index contributed by atoms with van der Waals surface area (Å²) in [5.41, 5.74) is 1.86. The maximum atomic E-state index is 15.4. The first-order valence-electron chi connectivity index (χ1n) is 15.1. The highest BCUT2D eigenvalue weighted by Crippen LogP contribution is 2.28. The fraction of sp³-hybridized carbons (Fsp3) is 0.455. The molecule has 228 valence electrons. The zero-order valence-corrected chi connectivity index (χ0v) is 24.9. The molecule has 2 heterocycles. The number of halogens is 1. The lowest BCUT2D eigenvalue weighted by Crippen LogP contribution is -2.47. The van der Waals surface area contributed by atoms with Crippen LogP contribution < -0.4 is 10.6 Å². The molecule has 43 heavy (non-hydrogen) atoms. The number of ketones is 2. The number of hydrogen-bond acceptors (Lipinski definition) is 6. The number of benzene rings is 1. The number of nitrogens with one attached hydrogen (secondary N) is 2. The number of Topliss-reactive ketones (excluding diaryl/α,β-unsaturated/α-hetero) is 2. The van der Waals surface area contributed by atoms with Gasteiger partial charge in [0, 0.05) is 44.4 Å². The summed E-state index contributed by atoms with van der Waals surface area (Å²) in [7, 11) is 0. The first-order valence-corrected chi connectivity index (χ1v) is 15.1. The van der Waals surface area contributed by atoms with Crippen LogP contribution in [-0.4, -0.2) is 50.2 Å². The molecule has 0 bridgehead atoms. The van der Waals surface area contributed by atoms with Gasteiger partial charge in [0.2, 0.25) is 5.91 Å². The zero-order chi connectivity index (χ0) is 30.8. The van der Waals surface area contributed by atoms with E-state index in [-0.39, 0.29) is 60.5 Å². The van der Waals surface area contributed by atoms with Crippen LogP contribution in [0.15, 0.2) is 55.0 Å². The number of nitrogens with zero attached hydrogens (tertiary/aromatic N) is 3. The Morgan fingerprint density at radius 1 is 0.953 bits per heavy atom. The summed E-state index contributed by atoms with van der Waals surface area (Å²) in [4.78, 5) is 56.0. The molecule has 1 aliphatic rings. The molecule has 0 saturated heterocycles. The van der Waals surface area contributed by atoms with Crippen LogP contribution in [0.4, 0.5) is 4.39 Å². The highest BCUT2D eigenvalue weighted by atomic mass is 19.1. The molecule has 4 rings (SSSR count). The number of carbonyl (C=O) groups excluding carboxylic acids is 4. The van der Waals surface area contributed by atoms with Gasteiger partial charge in [-0.2, -0.15) is 5.10 Å². The molecule has 2 N–H and O–H groups in total. The Labute approximate surface area is 251 Å². The van der Waals surface area contributed by atoms with Crippen LogP contribution in [0.1, 0.15) is 79.6 Å².